The molecule has 2 aliphatic carbocycles. The van der Waals surface area contributed by atoms with E-state index in [-0.39, 0.29) is 0 Å². The highest BCUT2D eigenvalue weighted by molar-refractivity contribution is 5.54. The van der Waals surface area contributed by atoms with Gasteiger partial charge < -0.3 is 11.1 Å². The maximum absolute atomic E-state index is 5.99. The predicted molar refractivity (Wildman–Crippen MR) is 90.0 cm³/mol. The Morgan fingerprint density at radius 2 is 1.90 bits per heavy atom. The minimum absolute atomic E-state index is 0.447. The van der Waals surface area contributed by atoms with Crippen LogP contribution in [0.15, 0.2) is 35.9 Å². The van der Waals surface area contributed by atoms with Crippen LogP contribution in [0.4, 0.5) is 0 Å². The summed E-state index contributed by atoms with van der Waals surface area (Å²) < 4.78 is 0. The van der Waals surface area contributed by atoms with Crippen LogP contribution in [0.5, 0.6) is 0 Å². The van der Waals surface area contributed by atoms with Crippen molar-refractivity contribution in [2.24, 2.45) is 11.7 Å². The Kier molecular flexibility index (Phi) is 4.77. The molecule has 114 valence electrons. The monoisotopic (exact) mass is 284 g/mol. The quantitative estimate of drug-likeness (QED) is 0.864. The van der Waals surface area contributed by atoms with Gasteiger partial charge in [-0.05, 0) is 50.0 Å². The largest absolute Gasteiger partial charge is 0.328 e. The zero-order valence-corrected chi connectivity index (χ0v) is 13.1. The molecule has 2 nitrogen and oxygen atoms in total. The summed E-state index contributed by atoms with van der Waals surface area (Å²) in [5, 5.41) is 3.87. The SMILES string of the molecule is CC/C(=C\c1ccccc1)[C@@H]1CC1NC1CCC(N)CC1. The lowest BCUT2D eigenvalue weighted by molar-refractivity contribution is 0.338. The molecule has 0 amide bonds. The average molecular weight is 284 g/mol. The number of benzene rings is 1. The van der Waals surface area contributed by atoms with Gasteiger partial charge in [0.15, 0.2) is 0 Å². The lowest BCUT2D eigenvalue weighted by Gasteiger charge is -2.27. The lowest BCUT2D eigenvalue weighted by atomic mass is 9.91. The van der Waals surface area contributed by atoms with Crippen molar-refractivity contribution in [2.75, 3.05) is 0 Å². The molecule has 0 aromatic heterocycles. The number of rotatable bonds is 5. The number of nitrogens with one attached hydrogen (secondary N) is 1. The highest BCUT2D eigenvalue weighted by Gasteiger charge is 2.40. The molecule has 2 saturated carbocycles. The molecule has 0 heterocycles. The van der Waals surface area contributed by atoms with Gasteiger partial charge in [0.1, 0.15) is 0 Å². The summed E-state index contributed by atoms with van der Waals surface area (Å²) in [4.78, 5) is 0. The van der Waals surface area contributed by atoms with Gasteiger partial charge in [0.25, 0.3) is 0 Å². The second-order valence-electron chi connectivity index (χ2n) is 6.71. The van der Waals surface area contributed by atoms with Gasteiger partial charge in [0, 0.05) is 18.1 Å². The minimum Gasteiger partial charge on any atom is -0.328 e. The van der Waals surface area contributed by atoms with Crippen molar-refractivity contribution in [3.63, 3.8) is 0 Å². The highest BCUT2D eigenvalue weighted by atomic mass is 15.0. The Bertz CT molecular complexity index is 472. The van der Waals surface area contributed by atoms with E-state index in [0.29, 0.717) is 18.1 Å². The van der Waals surface area contributed by atoms with Gasteiger partial charge in [-0.3, -0.25) is 0 Å². The standard InChI is InChI=1S/C19H28N2/c1-2-15(12-14-6-4-3-5-7-14)18-13-19(18)21-17-10-8-16(20)9-11-17/h3-7,12,16-19,21H,2,8-11,13,20H2,1H3/b15-12+/t16?,17?,18-,19?/m0/s1. The van der Waals surface area contributed by atoms with Gasteiger partial charge in [-0.15, -0.1) is 0 Å². The molecule has 1 aromatic rings. The molecule has 2 fully saturated rings. The van der Waals surface area contributed by atoms with Crippen LogP contribution < -0.4 is 11.1 Å². The van der Waals surface area contributed by atoms with Crippen molar-refractivity contribution in [1.82, 2.24) is 5.32 Å². The van der Waals surface area contributed by atoms with Gasteiger partial charge in [-0.25, -0.2) is 0 Å². The first-order valence-electron chi connectivity index (χ1n) is 8.53. The van der Waals surface area contributed by atoms with Crippen molar-refractivity contribution >= 4 is 6.08 Å². The molecule has 3 N–H and O–H groups in total. The van der Waals surface area contributed by atoms with Gasteiger partial charge in [-0.2, -0.15) is 0 Å². The molecular weight excluding hydrogens is 256 g/mol. The van der Waals surface area contributed by atoms with E-state index in [1.807, 2.05) is 0 Å². The number of hydrogen-bond donors (Lipinski definition) is 2. The fourth-order valence-electron chi connectivity index (χ4n) is 3.61. The first-order chi connectivity index (χ1) is 10.3. The topological polar surface area (TPSA) is 38.0 Å². The molecule has 1 unspecified atom stereocenters. The highest BCUT2D eigenvalue weighted by Crippen LogP contribution is 2.40. The zero-order chi connectivity index (χ0) is 14.7. The molecule has 2 heteroatoms. The summed E-state index contributed by atoms with van der Waals surface area (Å²) >= 11 is 0. The van der Waals surface area contributed by atoms with E-state index in [1.54, 1.807) is 5.57 Å². The maximum Gasteiger partial charge on any atom is 0.0142 e. The molecular formula is C19H28N2. The normalized spacial score (nSPS) is 33.0. The summed E-state index contributed by atoms with van der Waals surface area (Å²) in [5.41, 5.74) is 8.93. The molecule has 0 aliphatic heterocycles. The van der Waals surface area contributed by atoms with Crippen LogP contribution in [0.25, 0.3) is 6.08 Å². The molecule has 21 heavy (non-hydrogen) atoms. The summed E-state index contributed by atoms with van der Waals surface area (Å²) in [6, 6.07) is 12.6. The van der Waals surface area contributed by atoms with Crippen LogP contribution in [0, 0.1) is 5.92 Å². The van der Waals surface area contributed by atoms with Crippen LogP contribution in [0.2, 0.25) is 0 Å². The van der Waals surface area contributed by atoms with Crippen LogP contribution in [-0.4, -0.2) is 18.1 Å². The average Bonchev–Trinajstić information content (AvgIpc) is 3.27. The van der Waals surface area contributed by atoms with Crippen LogP contribution in [-0.2, 0) is 0 Å². The third-order valence-electron chi connectivity index (χ3n) is 5.05. The molecule has 2 atom stereocenters. The number of nitrogens with two attached hydrogens (primary N) is 1. The zero-order valence-electron chi connectivity index (χ0n) is 13.1. The third kappa shape index (κ3) is 3.96. The molecule has 3 rings (SSSR count). The maximum atomic E-state index is 5.99. The van der Waals surface area contributed by atoms with Crippen molar-refractivity contribution < 1.29 is 0 Å². The molecule has 1 aromatic carbocycles. The fourth-order valence-corrected chi connectivity index (χ4v) is 3.61. The van der Waals surface area contributed by atoms with E-state index >= 15 is 0 Å². The van der Waals surface area contributed by atoms with Gasteiger partial charge in [0.2, 0.25) is 0 Å². The fraction of sp³-hybridized carbons (Fsp3) is 0.579. The minimum atomic E-state index is 0.447. The molecule has 0 radical (unpaired) electrons. The Morgan fingerprint density at radius 3 is 2.57 bits per heavy atom. The van der Waals surface area contributed by atoms with Crippen molar-refractivity contribution in [1.29, 1.82) is 0 Å². The van der Waals surface area contributed by atoms with Gasteiger partial charge >= 0.3 is 0 Å². The van der Waals surface area contributed by atoms with E-state index < -0.39 is 0 Å². The van der Waals surface area contributed by atoms with Crippen LogP contribution in [0.3, 0.4) is 0 Å². The van der Waals surface area contributed by atoms with Gasteiger partial charge in [-0.1, -0.05) is 48.9 Å². The van der Waals surface area contributed by atoms with Crippen LogP contribution in [0.1, 0.15) is 51.0 Å². The Balaban J connectivity index is 1.54. The van der Waals surface area contributed by atoms with E-state index in [9.17, 15) is 0 Å². The van der Waals surface area contributed by atoms with Gasteiger partial charge in [0.05, 0.1) is 0 Å². The summed E-state index contributed by atoms with van der Waals surface area (Å²) in [6.45, 7) is 2.28. The molecule has 2 aliphatic rings. The first-order valence-corrected chi connectivity index (χ1v) is 8.53. The smallest absolute Gasteiger partial charge is 0.0142 e. The third-order valence-corrected chi connectivity index (χ3v) is 5.05. The second-order valence-corrected chi connectivity index (χ2v) is 6.71. The van der Waals surface area contributed by atoms with Crippen LogP contribution >= 0.6 is 0 Å². The van der Waals surface area contributed by atoms with Crippen molar-refractivity contribution in [3.05, 3.63) is 41.5 Å². The molecule has 0 saturated heterocycles. The lowest BCUT2D eigenvalue weighted by Crippen LogP contribution is -2.38. The second kappa shape index (κ2) is 6.76. The molecule has 0 bridgehead atoms. The Morgan fingerprint density at radius 1 is 1.19 bits per heavy atom. The first kappa shape index (κ1) is 14.8. The van der Waals surface area contributed by atoms with Crippen molar-refractivity contribution in [3.8, 4) is 0 Å². The summed E-state index contributed by atoms with van der Waals surface area (Å²) in [5.74, 6) is 0.755. The Hall–Kier alpha value is -1.12. The molecule has 0 spiro atoms. The van der Waals surface area contributed by atoms with E-state index in [1.165, 1.54) is 37.7 Å². The number of hydrogen-bond acceptors (Lipinski definition) is 2. The van der Waals surface area contributed by atoms with E-state index in [4.69, 9.17) is 5.73 Å². The summed E-state index contributed by atoms with van der Waals surface area (Å²) in [7, 11) is 0. The van der Waals surface area contributed by atoms with E-state index in [0.717, 1.165) is 12.3 Å². The summed E-state index contributed by atoms with van der Waals surface area (Å²) in [6.07, 6.45) is 9.76. The Labute approximate surface area is 128 Å². The predicted octanol–water partition coefficient (Wildman–Crippen LogP) is 3.73. The van der Waals surface area contributed by atoms with Crippen molar-refractivity contribution in [2.45, 2.75) is 63.6 Å². The van der Waals surface area contributed by atoms with E-state index in [2.05, 4.69) is 48.6 Å².